The smallest absolute Gasteiger partial charge is 0.326 e. The molecule has 0 radical (unpaired) electrons. The predicted molar refractivity (Wildman–Crippen MR) is 70.8 cm³/mol. The van der Waals surface area contributed by atoms with Crippen LogP contribution in [0.25, 0.3) is 0 Å². The number of carboxylic acids is 1. The van der Waals surface area contributed by atoms with Crippen molar-refractivity contribution in [2.45, 2.75) is 12.5 Å². The fraction of sp³-hybridized carbons (Fsp3) is 0.182. The van der Waals surface area contributed by atoms with Crippen LogP contribution < -0.4 is 11.1 Å². The number of halogens is 1. The van der Waals surface area contributed by atoms with Crippen LogP contribution in [0, 0.1) is 10.1 Å². The number of nitrogens with zero attached hydrogens (tertiary/aromatic N) is 1. The molecule has 2 amide bonds. The Hall–Kier alpha value is -2.68. The maximum absolute atomic E-state index is 12.0. The Labute approximate surface area is 122 Å². The van der Waals surface area contributed by atoms with E-state index >= 15 is 0 Å². The van der Waals surface area contributed by atoms with E-state index in [2.05, 4.69) is 0 Å². The number of nitrogens with two attached hydrogens (primary N) is 1. The molecule has 0 spiro atoms. The molecule has 0 aliphatic heterocycles. The van der Waals surface area contributed by atoms with E-state index in [0.29, 0.717) is 0 Å². The summed E-state index contributed by atoms with van der Waals surface area (Å²) in [5.74, 6) is -3.53. The molecule has 1 rings (SSSR count). The fourth-order valence-corrected chi connectivity index (χ4v) is 1.78. The van der Waals surface area contributed by atoms with Crippen LogP contribution in [0.2, 0.25) is 5.02 Å². The van der Waals surface area contributed by atoms with E-state index in [1.54, 1.807) is 0 Å². The number of nitro benzene ring substituents is 1. The first kappa shape index (κ1) is 16.4. The number of carboxylic acid groups (broad SMARTS) is 1. The number of rotatable bonds is 6. The van der Waals surface area contributed by atoms with Gasteiger partial charge >= 0.3 is 5.97 Å². The molecule has 1 atom stereocenters. The first-order chi connectivity index (χ1) is 9.73. The van der Waals surface area contributed by atoms with E-state index in [-0.39, 0.29) is 5.02 Å². The lowest BCUT2D eigenvalue weighted by atomic mass is 10.1. The minimum Gasteiger partial charge on any atom is -0.480 e. The summed E-state index contributed by atoms with van der Waals surface area (Å²) in [5, 5.41) is 21.5. The summed E-state index contributed by atoms with van der Waals surface area (Å²) < 4.78 is 0. The van der Waals surface area contributed by atoms with Crippen molar-refractivity contribution in [3.05, 3.63) is 38.9 Å². The zero-order valence-corrected chi connectivity index (χ0v) is 11.2. The number of primary amides is 1. The highest BCUT2D eigenvalue weighted by atomic mass is 35.5. The van der Waals surface area contributed by atoms with Crippen LogP contribution in [-0.2, 0) is 9.59 Å². The van der Waals surface area contributed by atoms with Crippen LogP contribution in [0.15, 0.2) is 18.2 Å². The molecule has 0 aliphatic carbocycles. The van der Waals surface area contributed by atoms with Crippen molar-refractivity contribution in [3.63, 3.8) is 0 Å². The van der Waals surface area contributed by atoms with Crippen molar-refractivity contribution in [2.75, 3.05) is 0 Å². The number of carbonyl (C=O) groups is 3. The highest BCUT2D eigenvalue weighted by Gasteiger charge is 2.28. The highest BCUT2D eigenvalue weighted by Crippen LogP contribution is 2.26. The van der Waals surface area contributed by atoms with Gasteiger partial charge in [0.05, 0.1) is 16.4 Å². The highest BCUT2D eigenvalue weighted by molar-refractivity contribution is 6.34. The standard InChI is InChI=1S/C11H10ClN3O6/c12-5-2-1-3-7(15(20)21)9(5)10(17)14-6(11(18)19)4-8(13)16/h1-3,6H,4H2,(H2,13,16)(H,14,17)(H,18,19)/t6-/m0/s1. The molecule has 0 saturated heterocycles. The Morgan fingerprint density at radius 3 is 2.52 bits per heavy atom. The van der Waals surface area contributed by atoms with Gasteiger partial charge in [-0.05, 0) is 6.07 Å². The van der Waals surface area contributed by atoms with Crippen LogP contribution in [0.3, 0.4) is 0 Å². The molecule has 9 nitrogen and oxygen atoms in total. The fourth-order valence-electron chi connectivity index (χ4n) is 1.52. The van der Waals surface area contributed by atoms with Crippen molar-refractivity contribution < 1.29 is 24.4 Å². The molecular formula is C11H10ClN3O6. The van der Waals surface area contributed by atoms with Gasteiger partial charge in [0.2, 0.25) is 5.91 Å². The molecule has 21 heavy (non-hydrogen) atoms. The summed E-state index contributed by atoms with van der Waals surface area (Å²) in [7, 11) is 0. The molecule has 0 heterocycles. The molecule has 1 aromatic rings. The lowest BCUT2D eigenvalue weighted by Crippen LogP contribution is -2.43. The van der Waals surface area contributed by atoms with Gasteiger partial charge < -0.3 is 16.2 Å². The molecule has 0 saturated carbocycles. The van der Waals surface area contributed by atoms with Gasteiger partial charge in [-0.1, -0.05) is 17.7 Å². The number of benzene rings is 1. The van der Waals surface area contributed by atoms with Gasteiger partial charge in [0.25, 0.3) is 11.6 Å². The maximum Gasteiger partial charge on any atom is 0.326 e. The van der Waals surface area contributed by atoms with Crippen LogP contribution >= 0.6 is 11.6 Å². The van der Waals surface area contributed by atoms with Crippen molar-refractivity contribution in [1.29, 1.82) is 0 Å². The molecule has 0 fully saturated rings. The minimum absolute atomic E-state index is 0.218. The summed E-state index contributed by atoms with van der Waals surface area (Å²) in [4.78, 5) is 43.7. The van der Waals surface area contributed by atoms with Gasteiger partial charge in [-0.15, -0.1) is 0 Å². The van der Waals surface area contributed by atoms with Gasteiger partial charge in [-0.2, -0.15) is 0 Å². The zero-order chi connectivity index (χ0) is 16.2. The van der Waals surface area contributed by atoms with Gasteiger partial charge in [0.15, 0.2) is 0 Å². The topological polar surface area (TPSA) is 153 Å². The van der Waals surface area contributed by atoms with E-state index in [4.69, 9.17) is 22.4 Å². The Bertz CT molecular complexity index is 618. The maximum atomic E-state index is 12.0. The van der Waals surface area contributed by atoms with Crippen LogP contribution in [-0.4, -0.2) is 33.9 Å². The molecule has 1 aromatic carbocycles. The second kappa shape index (κ2) is 6.66. The van der Waals surface area contributed by atoms with E-state index in [9.17, 15) is 24.5 Å². The SMILES string of the molecule is NC(=O)C[C@H](NC(=O)c1c(Cl)cccc1[N+](=O)[O-])C(=O)O. The number of amides is 2. The number of hydrogen-bond acceptors (Lipinski definition) is 5. The summed E-state index contributed by atoms with van der Waals surface area (Å²) in [6.45, 7) is 0. The Kier molecular flexibility index (Phi) is 5.19. The van der Waals surface area contributed by atoms with Gasteiger partial charge in [0, 0.05) is 6.07 Å². The summed E-state index contributed by atoms with van der Waals surface area (Å²) in [6, 6.07) is 1.96. The van der Waals surface area contributed by atoms with E-state index in [1.165, 1.54) is 12.1 Å². The Morgan fingerprint density at radius 2 is 2.05 bits per heavy atom. The average molecular weight is 316 g/mol. The quantitative estimate of drug-likeness (QED) is 0.507. The number of carbonyl (C=O) groups excluding carboxylic acids is 2. The Morgan fingerprint density at radius 1 is 1.43 bits per heavy atom. The third-order valence-corrected chi connectivity index (χ3v) is 2.74. The number of hydrogen-bond donors (Lipinski definition) is 3. The van der Waals surface area contributed by atoms with Gasteiger partial charge in [0.1, 0.15) is 11.6 Å². The van der Waals surface area contributed by atoms with Crippen LogP contribution in [0.4, 0.5) is 5.69 Å². The first-order valence-corrected chi connectivity index (χ1v) is 5.86. The third-order valence-electron chi connectivity index (χ3n) is 2.42. The lowest BCUT2D eigenvalue weighted by Gasteiger charge is -2.13. The molecule has 0 aromatic heterocycles. The first-order valence-electron chi connectivity index (χ1n) is 5.49. The predicted octanol–water partition coefficient (Wildman–Crippen LogP) is 0.307. The van der Waals surface area contributed by atoms with Gasteiger partial charge in [-0.25, -0.2) is 4.79 Å². The number of nitrogens with one attached hydrogen (secondary N) is 1. The molecule has 112 valence electrons. The molecule has 0 unspecified atom stereocenters. The second-order valence-electron chi connectivity index (χ2n) is 3.93. The molecule has 0 bridgehead atoms. The van der Waals surface area contributed by atoms with E-state index in [1.807, 2.05) is 5.32 Å². The zero-order valence-electron chi connectivity index (χ0n) is 10.4. The summed E-state index contributed by atoms with van der Waals surface area (Å²) >= 11 is 5.73. The number of nitro groups is 1. The van der Waals surface area contributed by atoms with Crippen LogP contribution in [0.1, 0.15) is 16.8 Å². The Balaban J connectivity index is 3.11. The van der Waals surface area contributed by atoms with Crippen molar-refractivity contribution in [3.8, 4) is 0 Å². The van der Waals surface area contributed by atoms with Crippen molar-refractivity contribution >= 4 is 35.1 Å². The molecular weight excluding hydrogens is 306 g/mol. The van der Waals surface area contributed by atoms with Crippen molar-refractivity contribution in [2.24, 2.45) is 5.73 Å². The number of aliphatic carboxylic acids is 1. The lowest BCUT2D eigenvalue weighted by molar-refractivity contribution is -0.385. The monoisotopic (exact) mass is 315 g/mol. The summed E-state index contributed by atoms with van der Waals surface area (Å²) in [5.41, 5.74) is 3.80. The van der Waals surface area contributed by atoms with Gasteiger partial charge in [-0.3, -0.25) is 19.7 Å². The minimum atomic E-state index is -1.61. The largest absolute Gasteiger partial charge is 0.480 e. The average Bonchev–Trinajstić information content (AvgIpc) is 2.36. The normalized spacial score (nSPS) is 11.5. The van der Waals surface area contributed by atoms with E-state index < -0.39 is 46.4 Å². The molecule has 4 N–H and O–H groups in total. The van der Waals surface area contributed by atoms with Crippen LogP contribution in [0.5, 0.6) is 0 Å². The molecule has 10 heteroatoms. The van der Waals surface area contributed by atoms with Crippen molar-refractivity contribution in [1.82, 2.24) is 5.32 Å². The van der Waals surface area contributed by atoms with E-state index in [0.717, 1.165) is 6.07 Å². The summed E-state index contributed by atoms with van der Waals surface area (Å²) in [6.07, 6.45) is -0.653. The molecule has 0 aliphatic rings. The third kappa shape index (κ3) is 4.14. The second-order valence-corrected chi connectivity index (χ2v) is 4.33.